The molecule has 0 aliphatic carbocycles. The largest absolute Gasteiger partial charge is 0.478 e. The summed E-state index contributed by atoms with van der Waals surface area (Å²) in [6.07, 6.45) is 1.75. The maximum atomic E-state index is 10.2. The lowest BCUT2D eigenvalue weighted by molar-refractivity contribution is 0.0697. The molecule has 0 radical (unpaired) electrons. The summed E-state index contributed by atoms with van der Waals surface area (Å²) in [5.41, 5.74) is 0.331. The minimum atomic E-state index is -0.879. The Labute approximate surface area is 85.2 Å². The molecule has 1 aromatic rings. The molecule has 76 valence electrons. The first-order valence-electron chi connectivity index (χ1n) is 4.07. The van der Waals surface area contributed by atoms with Crippen LogP contribution in [-0.4, -0.2) is 11.1 Å². The number of carboxylic acid groups (broad SMARTS) is 1. The number of carboxylic acids is 1. The molecule has 1 rings (SSSR count). The quantitative estimate of drug-likeness (QED) is 0.692. The molecule has 14 heavy (non-hydrogen) atoms. The zero-order valence-corrected chi connectivity index (χ0v) is 8.44. The van der Waals surface area contributed by atoms with E-state index in [1.807, 2.05) is 6.92 Å². The van der Waals surface area contributed by atoms with Crippen molar-refractivity contribution in [2.75, 3.05) is 0 Å². The van der Waals surface area contributed by atoms with Crippen LogP contribution >= 0.6 is 0 Å². The van der Waals surface area contributed by atoms with Crippen LogP contribution in [0.25, 0.3) is 0 Å². The van der Waals surface area contributed by atoms with Crippen molar-refractivity contribution in [3.63, 3.8) is 0 Å². The molecule has 1 aromatic carbocycles. The van der Waals surface area contributed by atoms with Gasteiger partial charge in [0, 0.05) is 0 Å². The van der Waals surface area contributed by atoms with Crippen LogP contribution in [0.2, 0.25) is 0 Å². The second-order valence-corrected chi connectivity index (χ2v) is 2.08. The zero-order chi connectivity index (χ0) is 11.4. The summed E-state index contributed by atoms with van der Waals surface area (Å²) in [7, 11) is 0. The summed E-state index contributed by atoms with van der Waals surface area (Å²) >= 11 is 0. The Hall–Kier alpha value is -1.83. The first kappa shape index (κ1) is 14.7. The molecule has 0 saturated heterocycles. The van der Waals surface area contributed by atoms with Gasteiger partial charge >= 0.3 is 5.97 Å². The van der Waals surface area contributed by atoms with Gasteiger partial charge in [-0.25, -0.2) is 4.79 Å². The van der Waals surface area contributed by atoms with Crippen LogP contribution in [0.5, 0.6) is 0 Å². The van der Waals surface area contributed by atoms with E-state index < -0.39 is 5.97 Å². The molecule has 0 aromatic heterocycles. The van der Waals surface area contributed by atoms with E-state index in [9.17, 15) is 4.79 Å². The van der Waals surface area contributed by atoms with Crippen LogP contribution in [0.15, 0.2) is 56.1 Å². The van der Waals surface area contributed by atoms with E-state index in [2.05, 4.69) is 19.7 Å². The highest BCUT2D eigenvalue weighted by Crippen LogP contribution is 1.96. The van der Waals surface area contributed by atoms with Gasteiger partial charge in [0.1, 0.15) is 0 Å². The third-order valence-corrected chi connectivity index (χ3v) is 1.02. The Bertz CT molecular complexity index is 252. The van der Waals surface area contributed by atoms with Crippen LogP contribution in [0.1, 0.15) is 17.3 Å². The second kappa shape index (κ2) is 11.2. The second-order valence-electron chi connectivity index (χ2n) is 2.08. The summed E-state index contributed by atoms with van der Waals surface area (Å²) in [5, 5.41) is 8.38. The first-order valence-corrected chi connectivity index (χ1v) is 4.07. The number of hydrogen-bond acceptors (Lipinski definition) is 1. The van der Waals surface area contributed by atoms with Crippen molar-refractivity contribution < 1.29 is 9.90 Å². The Morgan fingerprint density at radius 2 is 1.64 bits per heavy atom. The first-order chi connectivity index (χ1) is 6.72. The highest BCUT2D eigenvalue weighted by atomic mass is 16.4. The minimum absolute atomic E-state index is 0.331. The topological polar surface area (TPSA) is 37.3 Å². The highest BCUT2D eigenvalue weighted by molar-refractivity contribution is 5.87. The average molecular weight is 192 g/mol. The van der Waals surface area contributed by atoms with Gasteiger partial charge in [0.05, 0.1) is 5.56 Å². The lowest BCUT2D eigenvalue weighted by atomic mass is 10.2. The predicted octanol–water partition coefficient (Wildman–Crippen LogP) is 3.38. The van der Waals surface area contributed by atoms with E-state index in [0.717, 1.165) is 0 Å². The van der Waals surface area contributed by atoms with Gasteiger partial charge in [-0.05, 0) is 19.1 Å². The van der Waals surface area contributed by atoms with Crippen molar-refractivity contribution >= 4 is 5.97 Å². The van der Waals surface area contributed by atoms with Crippen molar-refractivity contribution in [3.05, 3.63) is 61.7 Å². The molecule has 0 bridgehead atoms. The summed E-state index contributed by atoms with van der Waals surface area (Å²) in [6, 6.07) is 8.30. The van der Waals surface area contributed by atoms with Crippen molar-refractivity contribution in [2.24, 2.45) is 0 Å². The van der Waals surface area contributed by atoms with Gasteiger partial charge in [-0.1, -0.05) is 24.3 Å². The Morgan fingerprint density at radius 3 is 1.86 bits per heavy atom. The van der Waals surface area contributed by atoms with Gasteiger partial charge in [-0.3, -0.25) is 0 Å². The molecular weight excluding hydrogens is 176 g/mol. The van der Waals surface area contributed by atoms with E-state index >= 15 is 0 Å². The molecule has 2 heteroatoms. The van der Waals surface area contributed by atoms with E-state index in [1.54, 1.807) is 36.4 Å². The van der Waals surface area contributed by atoms with Crippen LogP contribution in [-0.2, 0) is 0 Å². The van der Waals surface area contributed by atoms with Gasteiger partial charge < -0.3 is 5.11 Å². The molecule has 0 saturated carbocycles. The molecule has 0 spiro atoms. The maximum Gasteiger partial charge on any atom is 0.335 e. The van der Waals surface area contributed by atoms with Crippen LogP contribution in [0, 0.1) is 0 Å². The van der Waals surface area contributed by atoms with Crippen molar-refractivity contribution in [1.82, 2.24) is 0 Å². The molecule has 2 nitrogen and oxygen atoms in total. The van der Waals surface area contributed by atoms with Crippen molar-refractivity contribution in [1.29, 1.82) is 0 Å². The SMILES string of the molecule is C=C.C=CC.O=C(O)c1ccccc1. The Kier molecular flexibility index (Phi) is 11.7. The normalized spacial score (nSPS) is 6.93. The fourth-order valence-electron chi connectivity index (χ4n) is 0.581. The molecule has 0 amide bonds. The third kappa shape index (κ3) is 8.27. The molecule has 0 atom stereocenters. The number of hydrogen-bond donors (Lipinski definition) is 1. The Morgan fingerprint density at radius 1 is 1.29 bits per heavy atom. The summed E-state index contributed by atoms with van der Waals surface area (Å²) in [5.74, 6) is -0.879. The minimum Gasteiger partial charge on any atom is -0.478 e. The molecule has 0 unspecified atom stereocenters. The number of carbonyl (C=O) groups is 1. The van der Waals surface area contributed by atoms with E-state index in [1.165, 1.54) is 0 Å². The van der Waals surface area contributed by atoms with Gasteiger partial charge in [-0.2, -0.15) is 0 Å². The van der Waals surface area contributed by atoms with E-state index in [4.69, 9.17) is 5.11 Å². The van der Waals surface area contributed by atoms with Crippen LogP contribution in [0.3, 0.4) is 0 Å². The monoisotopic (exact) mass is 192 g/mol. The van der Waals surface area contributed by atoms with Crippen molar-refractivity contribution in [3.8, 4) is 0 Å². The van der Waals surface area contributed by atoms with Crippen LogP contribution in [0.4, 0.5) is 0 Å². The van der Waals surface area contributed by atoms with Gasteiger partial charge in [-0.15, -0.1) is 19.7 Å². The predicted molar refractivity (Wildman–Crippen MR) is 60.5 cm³/mol. The molecule has 0 heterocycles. The fraction of sp³-hybridized carbons (Fsp3) is 0.0833. The third-order valence-electron chi connectivity index (χ3n) is 1.02. The van der Waals surface area contributed by atoms with Crippen molar-refractivity contribution in [2.45, 2.75) is 6.92 Å². The lowest BCUT2D eigenvalue weighted by Crippen LogP contribution is -1.93. The Balaban J connectivity index is 0. The lowest BCUT2D eigenvalue weighted by Gasteiger charge is -1.88. The number of rotatable bonds is 1. The van der Waals surface area contributed by atoms with E-state index in [0.29, 0.717) is 5.56 Å². The number of aromatic carboxylic acids is 1. The van der Waals surface area contributed by atoms with Gasteiger partial charge in [0.15, 0.2) is 0 Å². The standard InChI is InChI=1S/C7H6O2.C3H6.C2H4/c8-7(9)6-4-2-1-3-5-6;1-3-2;1-2/h1-5H,(H,8,9);3H,1H2,2H3;1-2H2. The number of benzene rings is 1. The van der Waals surface area contributed by atoms with E-state index in [-0.39, 0.29) is 0 Å². The summed E-state index contributed by atoms with van der Waals surface area (Å²) < 4.78 is 0. The smallest absolute Gasteiger partial charge is 0.335 e. The van der Waals surface area contributed by atoms with Gasteiger partial charge in [0.2, 0.25) is 0 Å². The molecule has 1 N–H and O–H groups in total. The summed E-state index contributed by atoms with van der Waals surface area (Å²) in [4.78, 5) is 10.2. The van der Waals surface area contributed by atoms with Gasteiger partial charge in [0.25, 0.3) is 0 Å². The summed E-state index contributed by atoms with van der Waals surface area (Å²) in [6.45, 7) is 11.2. The average Bonchev–Trinajstić information content (AvgIpc) is 2.23. The maximum absolute atomic E-state index is 10.2. The molecule has 0 aliphatic rings. The fourth-order valence-corrected chi connectivity index (χ4v) is 0.581. The number of allylic oxidation sites excluding steroid dienone is 1. The van der Waals surface area contributed by atoms with Crippen LogP contribution < -0.4 is 0 Å². The molecular formula is C12H16O2. The zero-order valence-electron chi connectivity index (χ0n) is 8.44. The highest BCUT2D eigenvalue weighted by Gasteiger charge is 1.96. The molecule has 0 aliphatic heterocycles. The molecule has 0 fully saturated rings.